The second-order valence-corrected chi connectivity index (χ2v) is 15.9. The Hall–Kier alpha value is -3.44. The first kappa shape index (κ1) is 25.8. The van der Waals surface area contributed by atoms with E-state index in [-0.39, 0.29) is 18.6 Å². The summed E-state index contributed by atoms with van der Waals surface area (Å²) >= 11 is 0. The molecule has 208 valence electrons. The Balaban J connectivity index is 1.36. The van der Waals surface area contributed by atoms with Crippen LogP contribution in [-0.4, -0.2) is 63.8 Å². The topological polar surface area (TPSA) is 127 Å². The van der Waals surface area contributed by atoms with Crippen LogP contribution in [0.2, 0.25) is 0 Å². The molecular formula is C28H35N5O5S. The molecule has 39 heavy (non-hydrogen) atoms. The molecule has 0 saturated heterocycles. The van der Waals surface area contributed by atoms with E-state index >= 15 is 0 Å². The van der Waals surface area contributed by atoms with E-state index in [2.05, 4.69) is 28.7 Å². The predicted octanol–water partition coefficient (Wildman–Crippen LogP) is 3.74. The number of nitrogens with two attached hydrogens (primary N) is 1. The molecule has 0 unspecified atom stereocenters. The van der Waals surface area contributed by atoms with E-state index < -0.39 is 21.8 Å². The molecule has 3 N–H and O–H groups in total. The fourth-order valence-electron chi connectivity index (χ4n) is 5.08. The highest BCUT2D eigenvalue weighted by Gasteiger charge is 2.35. The monoisotopic (exact) mass is 553 g/mol. The quantitative estimate of drug-likeness (QED) is 0.287. The minimum atomic E-state index is -0.682. The fourth-order valence-corrected chi connectivity index (χ4v) is 5.70. The molecule has 1 saturated carbocycles. The zero-order valence-electron chi connectivity index (χ0n) is 22.6. The van der Waals surface area contributed by atoms with Gasteiger partial charge in [0.2, 0.25) is 5.91 Å². The third kappa shape index (κ3) is 5.25. The van der Waals surface area contributed by atoms with Gasteiger partial charge in [-0.2, -0.15) is 0 Å². The molecule has 1 fully saturated rings. The number of amides is 1. The average Bonchev–Trinajstić information content (AvgIpc) is 3.62. The molecule has 6 rings (SSSR count). The summed E-state index contributed by atoms with van der Waals surface area (Å²) in [7, 11) is -0.682. The van der Waals surface area contributed by atoms with Gasteiger partial charge in [-0.1, -0.05) is 0 Å². The summed E-state index contributed by atoms with van der Waals surface area (Å²) in [5, 5.41) is 3.32. The average molecular weight is 554 g/mol. The first-order chi connectivity index (χ1) is 18.7. The minimum absolute atomic E-state index is 0.135. The third-order valence-electron chi connectivity index (χ3n) is 7.30. The maximum atomic E-state index is 12.6. The number of carbonyl (C=O) groups is 1. The summed E-state index contributed by atoms with van der Waals surface area (Å²) in [6, 6.07) is 9.14. The number of nitrogens with one attached hydrogen (secondary N) is 1. The van der Waals surface area contributed by atoms with Gasteiger partial charge in [0.25, 0.3) is 0 Å². The van der Waals surface area contributed by atoms with Crippen molar-refractivity contribution < 1.29 is 18.7 Å². The summed E-state index contributed by atoms with van der Waals surface area (Å²) in [6.45, 7) is 2.04. The molecule has 10 nitrogen and oxygen atoms in total. The van der Waals surface area contributed by atoms with Crippen molar-refractivity contribution in [3.8, 4) is 17.1 Å². The number of nitrogens with zero attached hydrogens (tertiary/aromatic N) is 3. The number of ether oxygens (including phenoxy) is 2. The van der Waals surface area contributed by atoms with Crippen LogP contribution < -0.4 is 21.5 Å². The SMILES string of the molecule is CS(C)(C)CCOCn1c(=O)oc2ccc(-c3nc4cc(N[C@H](C(N)=O)C5CC5)cc5c4n3CCCO5)cc21. The highest BCUT2D eigenvalue weighted by atomic mass is 32.3. The predicted molar refractivity (Wildman–Crippen MR) is 155 cm³/mol. The van der Waals surface area contributed by atoms with Crippen molar-refractivity contribution in [2.45, 2.75) is 38.6 Å². The molecule has 0 bridgehead atoms. The Morgan fingerprint density at radius 2 is 2.08 bits per heavy atom. The largest absolute Gasteiger partial charge is 0.491 e. The van der Waals surface area contributed by atoms with E-state index in [0.717, 1.165) is 65.4 Å². The van der Waals surface area contributed by atoms with Gasteiger partial charge < -0.3 is 29.5 Å². The standard InChI is InChI=1S/C28H35N5O5S/c1-39(2,3)12-11-36-16-33-21-13-18(7-8-22(21)38-28(33)35)27-31-20-14-19(30-24(26(29)34)17-5-6-17)15-23-25(20)32(27)9-4-10-37-23/h7-8,13-15,17,24,30H,4-6,9-12,16H2,1-3H3,(H2,29,34)/t24-/m0/s1. The molecule has 1 amide bonds. The number of hydrogen-bond donors (Lipinski definition) is 2. The van der Waals surface area contributed by atoms with Crippen molar-refractivity contribution in [2.24, 2.45) is 11.7 Å². The molecule has 11 heteroatoms. The first-order valence-corrected chi connectivity index (χ1v) is 16.3. The number of anilines is 1. The van der Waals surface area contributed by atoms with E-state index in [1.54, 1.807) is 0 Å². The van der Waals surface area contributed by atoms with Crippen LogP contribution in [0.3, 0.4) is 0 Å². The number of imidazole rings is 1. The maximum absolute atomic E-state index is 12.6. The Kier molecular flexibility index (Phi) is 6.58. The number of aryl methyl sites for hydroxylation is 1. The van der Waals surface area contributed by atoms with E-state index in [1.165, 1.54) is 4.57 Å². The zero-order chi connectivity index (χ0) is 27.3. The number of primary amides is 1. The second kappa shape index (κ2) is 9.95. The van der Waals surface area contributed by atoms with Crippen molar-refractivity contribution >= 4 is 43.8 Å². The van der Waals surface area contributed by atoms with Gasteiger partial charge >= 0.3 is 5.76 Å². The summed E-state index contributed by atoms with van der Waals surface area (Å²) in [5.41, 5.74) is 10.2. The van der Waals surface area contributed by atoms with Gasteiger partial charge in [0.15, 0.2) is 5.58 Å². The highest BCUT2D eigenvalue weighted by molar-refractivity contribution is 8.32. The maximum Gasteiger partial charge on any atom is 0.421 e. The lowest BCUT2D eigenvalue weighted by Gasteiger charge is -2.24. The van der Waals surface area contributed by atoms with Gasteiger partial charge in [-0.25, -0.2) is 24.4 Å². The van der Waals surface area contributed by atoms with Crippen molar-refractivity contribution in [1.29, 1.82) is 0 Å². The normalized spacial score (nSPS) is 16.7. The van der Waals surface area contributed by atoms with Crippen LogP contribution in [-0.2, 0) is 22.8 Å². The molecule has 0 radical (unpaired) electrons. The lowest BCUT2D eigenvalue weighted by atomic mass is 10.1. The Bertz CT molecular complexity index is 1610. The van der Waals surface area contributed by atoms with Crippen LogP contribution in [0.1, 0.15) is 19.3 Å². The highest BCUT2D eigenvalue weighted by Crippen LogP contribution is 2.39. The Morgan fingerprint density at radius 3 is 2.82 bits per heavy atom. The first-order valence-electron chi connectivity index (χ1n) is 13.3. The van der Waals surface area contributed by atoms with Crippen molar-refractivity contribution in [3.05, 3.63) is 40.9 Å². The molecule has 3 heterocycles. The number of aromatic nitrogens is 3. The molecule has 1 aliphatic carbocycles. The van der Waals surface area contributed by atoms with Crippen LogP contribution >= 0.6 is 10.0 Å². The summed E-state index contributed by atoms with van der Waals surface area (Å²) in [4.78, 5) is 29.7. The molecule has 1 aliphatic heterocycles. The number of carbonyl (C=O) groups excluding carboxylic acids is 1. The van der Waals surface area contributed by atoms with Gasteiger partial charge in [0.05, 0.1) is 24.2 Å². The van der Waals surface area contributed by atoms with Crippen LogP contribution in [0.4, 0.5) is 5.69 Å². The lowest BCUT2D eigenvalue weighted by molar-refractivity contribution is -0.119. The number of benzene rings is 2. The van der Waals surface area contributed by atoms with Crippen molar-refractivity contribution in [1.82, 2.24) is 14.1 Å². The van der Waals surface area contributed by atoms with Gasteiger partial charge in [-0.05, 0) is 68.2 Å². The van der Waals surface area contributed by atoms with Crippen molar-refractivity contribution in [3.63, 3.8) is 0 Å². The van der Waals surface area contributed by atoms with Crippen LogP contribution in [0, 0.1) is 5.92 Å². The van der Waals surface area contributed by atoms with Crippen LogP contribution in [0.25, 0.3) is 33.5 Å². The van der Waals surface area contributed by atoms with Crippen LogP contribution in [0.5, 0.6) is 5.75 Å². The molecule has 2 aliphatic rings. The number of fused-ring (bicyclic) bond motifs is 1. The van der Waals surface area contributed by atoms with Gasteiger partial charge in [-0.3, -0.25) is 4.79 Å². The summed E-state index contributed by atoms with van der Waals surface area (Å²) in [6.07, 6.45) is 9.53. The molecule has 4 aromatic rings. The van der Waals surface area contributed by atoms with Crippen molar-refractivity contribution in [2.75, 3.05) is 43.1 Å². The molecule has 2 aromatic heterocycles. The van der Waals surface area contributed by atoms with E-state index in [9.17, 15) is 9.59 Å². The summed E-state index contributed by atoms with van der Waals surface area (Å²) < 4.78 is 21.1. The molecular weight excluding hydrogens is 518 g/mol. The van der Waals surface area contributed by atoms with Gasteiger partial charge in [-0.15, -0.1) is 0 Å². The van der Waals surface area contributed by atoms with Gasteiger partial charge in [0, 0.05) is 29.6 Å². The zero-order valence-corrected chi connectivity index (χ0v) is 23.4. The molecule has 0 spiro atoms. The lowest BCUT2D eigenvalue weighted by Crippen LogP contribution is -2.37. The van der Waals surface area contributed by atoms with Crippen LogP contribution in [0.15, 0.2) is 39.5 Å². The fraction of sp³-hybridized carbons (Fsp3) is 0.464. The number of rotatable bonds is 10. The smallest absolute Gasteiger partial charge is 0.421 e. The molecule has 2 aromatic carbocycles. The van der Waals surface area contributed by atoms with E-state index in [0.29, 0.717) is 24.3 Å². The Labute approximate surface area is 227 Å². The summed E-state index contributed by atoms with van der Waals surface area (Å²) in [5.74, 6) is 1.95. The number of hydrogen-bond acceptors (Lipinski definition) is 7. The van der Waals surface area contributed by atoms with Gasteiger partial charge in [0.1, 0.15) is 29.9 Å². The second-order valence-electron chi connectivity index (χ2n) is 11.3. The van der Waals surface area contributed by atoms with E-state index in [1.807, 2.05) is 30.3 Å². The van der Waals surface area contributed by atoms with E-state index in [4.69, 9.17) is 24.6 Å². The third-order valence-corrected chi connectivity index (χ3v) is 8.69. The molecule has 1 atom stereocenters. The number of oxazole rings is 1. The minimum Gasteiger partial charge on any atom is -0.491 e. The Morgan fingerprint density at radius 1 is 1.26 bits per heavy atom.